The molecule has 2 atom stereocenters. The number of piperazine rings is 1. The van der Waals surface area contributed by atoms with Crippen molar-refractivity contribution in [3.8, 4) is 5.75 Å². The molecule has 3 aromatic carbocycles. The molecule has 0 amide bonds. The zero-order chi connectivity index (χ0) is 27.2. The molecule has 5 nitrogen and oxygen atoms in total. The molecule has 0 saturated carbocycles. The number of hydrogen-bond donors (Lipinski definition) is 0. The first-order valence-electron chi connectivity index (χ1n) is 14.0. The maximum atomic E-state index is 6.47. The third kappa shape index (κ3) is 6.07. The number of ether oxygens (including phenoxy) is 1. The SMILES string of the molecule is Clc1ccc(C(c2ccccc2)N2CCN(CCc3cc(C4(Oc5ccccc5)C=CC=CC4)no3)CC2)cc1. The number of para-hydroxylation sites is 1. The summed E-state index contributed by atoms with van der Waals surface area (Å²) >= 11 is 6.20. The molecule has 204 valence electrons. The lowest BCUT2D eigenvalue weighted by molar-refractivity contribution is 0.108. The Morgan fingerprint density at radius 3 is 2.25 bits per heavy atom. The van der Waals surface area contributed by atoms with E-state index in [0.717, 1.165) is 61.4 Å². The van der Waals surface area contributed by atoms with Crippen molar-refractivity contribution in [1.29, 1.82) is 0 Å². The first kappa shape index (κ1) is 26.6. The van der Waals surface area contributed by atoms with Gasteiger partial charge in [0.1, 0.15) is 17.2 Å². The molecule has 2 unspecified atom stereocenters. The van der Waals surface area contributed by atoms with Gasteiger partial charge in [0.25, 0.3) is 0 Å². The van der Waals surface area contributed by atoms with Crippen LogP contribution in [0.15, 0.2) is 120 Å². The smallest absolute Gasteiger partial charge is 0.176 e. The standard InChI is InChI=1S/C34H34ClN3O2/c35-29-16-14-28(15-17-29)33(27-10-4-1-5-11-27)38-24-22-37(23-25-38)21-18-31-26-32(36-40-31)34(19-8-3-9-20-34)39-30-12-6-2-7-13-30/h1-17,19,26,33H,18,20-25H2. The van der Waals surface area contributed by atoms with Crippen molar-refractivity contribution >= 4 is 11.6 Å². The van der Waals surface area contributed by atoms with Gasteiger partial charge in [0.05, 0.1) is 6.04 Å². The summed E-state index contributed by atoms with van der Waals surface area (Å²) in [6.07, 6.45) is 9.78. The number of aromatic nitrogens is 1. The van der Waals surface area contributed by atoms with Crippen molar-refractivity contribution in [2.75, 3.05) is 32.7 Å². The molecule has 1 aliphatic carbocycles. The van der Waals surface area contributed by atoms with Gasteiger partial charge in [0, 0.05) is 56.7 Å². The van der Waals surface area contributed by atoms with Crippen LogP contribution in [-0.2, 0) is 12.0 Å². The Balaban J connectivity index is 1.09. The summed E-state index contributed by atoms with van der Waals surface area (Å²) < 4.78 is 12.3. The van der Waals surface area contributed by atoms with E-state index in [0.29, 0.717) is 6.42 Å². The van der Waals surface area contributed by atoms with Crippen LogP contribution in [0, 0.1) is 0 Å². The van der Waals surface area contributed by atoms with Gasteiger partial charge in [-0.3, -0.25) is 4.90 Å². The average molecular weight is 552 g/mol. The number of halogens is 1. The van der Waals surface area contributed by atoms with Crippen molar-refractivity contribution in [3.05, 3.63) is 143 Å². The highest BCUT2D eigenvalue weighted by Crippen LogP contribution is 2.35. The van der Waals surface area contributed by atoms with Gasteiger partial charge >= 0.3 is 0 Å². The summed E-state index contributed by atoms with van der Waals surface area (Å²) in [5, 5.41) is 5.23. The monoisotopic (exact) mass is 551 g/mol. The number of nitrogens with zero attached hydrogens (tertiary/aromatic N) is 3. The summed E-state index contributed by atoms with van der Waals surface area (Å²) in [5.74, 6) is 1.71. The van der Waals surface area contributed by atoms with E-state index in [4.69, 9.17) is 20.9 Å². The number of benzene rings is 3. The van der Waals surface area contributed by atoms with Gasteiger partial charge in [-0.15, -0.1) is 0 Å². The molecule has 2 aliphatic rings. The van der Waals surface area contributed by atoms with Gasteiger partial charge in [-0.1, -0.05) is 95.6 Å². The highest BCUT2D eigenvalue weighted by molar-refractivity contribution is 6.30. The van der Waals surface area contributed by atoms with Crippen molar-refractivity contribution in [1.82, 2.24) is 15.0 Å². The second-order valence-electron chi connectivity index (χ2n) is 10.5. The predicted octanol–water partition coefficient (Wildman–Crippen LogP) is 7.07. The maximum absolute atomic E-state index is 6.47. The van der Waals surface area contributed by atoms with Gasteiger partial charge in [-0.05, 0) is 41.5 Å². The van der Waals surface area contributed by atoms with Gasteiger partial charge in [0.2, 0.25) is 0 Å². The van der Waals surface area contributed by atoms with Crippen LogP contribution in [0.5, 0.6) is 5.75 Å². The van der Waals surface area contributed by atoms with Crippen molar-refractivity contribution < 1.29 is 9.26 Å². The van der Waals surface area contributed by atoms with E-state index in [-0.39, 0.29) is 6.04 Å². The topological polar surface area (TPSA) is 41.7 Å². The number of hydrogen-bond acceptors (Lipinski definition) is 5. The molecule has 0 spiro atoms. The highest BCUT2D eigenvalue weighted by Gasteiger charge is 2.35. The van der Waals surface area contributed by atoms with E-state index in [1.165, 1.54) is 11.1 Å². The Morgan fingerprint density at radius 2 is 1.55 bits per heavy atom. The van der Waals surface area contributed by atoms with Crippen LogP contribution in [0.4, 0.5) is 0 Å². The fraction of sp³-hybridized carbons (Fsp3) is 0.265. The minimum Gasteiger partial charge on any atom is -0.476 e. The molecule has 6 heteroatoms. The van der Waals surface area contributed by atoms with E-state index in [1.54, 1.807) is 0 Å². The molecular formula is C34H34ClN3O2. The van der Waals surface area contributed by atoms with Gasteiger partial charge < -0.3 is 14.2 Å². The first-order valence-corrected chi connectivity index (χ1v) is 14.4. The van der Waals surface area contributed by atoms with Gasteiger partial charge in [-0.25, -0.2) is 0 Å². The summed E-state index contributed by atoms with van der Waals surface area (Å²) in [5.41, 5.74) is 2.74. The molecule has 1 aliphatic heterocycles. The van der Waals surface area contributed by atoms with Crippen LogP contribution >= 0.6 is 11.6 Å². The molecule has 0 radical (unpaired) electrons. The summed E-state index contributed by atoms with van der Waals surface area (Å²) in [6.45, 7) is 4.94. The largest absolute Gasteiger partial charge is 0.476 e. The summed E-state index contributed by atoms with van der Waals surface area (Å²) in [4.78, 5) is 5.09. The van der Waals surface area contributed by atoms with Crippen LogP contribution < -0.4 is 4.74 Å². The van der Waals surface area contributed by atoms with E-state index in [2.05, 4.69) is 75.6 Å². The quantitative estimate of drug-likeness (QED) is 0.222. The lowest BCUT2D eigenvalue weighted by Gasteiger charge is -2.39. The van der Waals surface area contributed by atoms with E-state index < -0.39 is 5.60 Å². The second kappa shape index (κ2) is 12.3. The number of allylic oxidation sites excluding steroid dienone is 2. The lowest BCUT2D eigenvalue weighted by atomic mass is 9.91. The van der Waals surface area contributed by atoms with Crippen LogP contribution in [-0.4, -0.2) is 47.7 Å². The third-order valence-electron chi connectivity index (χ3n) is 7.82. The van der Waals surface area contributed by atoms with E-state index >= 15 is 0 Å². The molecule has 6 rings (SSSR count). The normalized spacial score (nSPS) is 20.4. The predicted molar refractivity (Wildman–Crippen MR) is 160 cm³/mol. The molecule has 40 heavy (non-hydrogen) atoms. The lowest BCUT2D eigenvalue weighted by Crippen LogP contribution is -2.48. The van der Waals surface area contributed by atoms with Gasteiger partial charge in [-0.2, -0.15) is 0 Å². The Kier molecular flexibility index (Phi) is 8.14. The Bertz CT molecular complexity index is 1430. The van der Waals surface area contributed by atoms with Crippen molar-refractivity contribution in [3.63, 3.8) is 0 Å². The fourth-order valence-corrected chi connectivity index (χ4v) is 5.78. The molecule has 1 aromatic heterocycles. The minimum atomic E-state index is -0.655. The van der Waals surface area contributed by atoms with Crippen LogP contribution in [0.1, 0.15) is 35.0 Å². The minimum absolute atomic E-state index is 0.218. The molecular weight excluding hydrogens is 518 g/mol. The highest BCUT2D eigenvalue weighted by atomic mass is 35.5. The van der Waals surface area contributed by atoms with E-state index in [9.17, 15) is 0 Å². The maximum Gasteiger partial charge on any atom is 0.176 e. The first-order chi connectivity index (χ1) is 19.7. The summed E-state index contributed by atoms with van der Waals surface area (Å²) in [6, 6.07) is 31.2. The Hall–Kier alpha value is -3.64. The molecule has 0 bridgehead atoms. The van der Waals surface area contributed by atoms with Crippen LogP contribution in [0.25, 0.3) is 0 Å². The third-order valence-corrected chi connectivity index (χ3v) is 8.07. The second-order valence-corrected chi connectivity index (χ2v) is 10.9. The Morgan fingerprint density at radius 1 is 0.850 bits per heavy atom. The molecule has 2 heterocycles. The van der Waals surface area contributed by atoms with Crippen LogP contribution in [0.2, 0.25) is 5.02 Å². The Labute approximate surface area is 241 Å². The number of rotatable bonds is 9. The van der Waals surface area contributed by atoms with Crippen LogP contribution in [0.3, 0.4) is 0 Å². The molecule has 1 fully saturated rings. The molecule has 4 aromatic rings. The molecule has 0 N–H and O–H groups in total. The summed E-state index contributed by atoms with van der Waals surface area (Å²) in [7, 11) is 0. The van der Waals surface area contributed by atoms with E-state index in [1.807, 2.05) is 54.6 Å². The molecule has 1 saturated heterocycles. The van der Waals surface area contributed by atoms with Crippen molar-refractivity contribution in [2.24, 2.45) is 0 Å². The fourth-order valence-electron chi connectivity index (χ4n) is 5.66. The zero-order valence-corrected chi connectivity index (χ0v) is 23.3. The van der Waals surface area contributed by atoms with Crippen molar-refractivity contribution in [2.45, 2.75) is 24.5 Å². The zero-order valence-electron chi connectivity index (χ0n) is 22.5. The average Bonchev–Trinajstić information content (AvgIpc) is 3.50. The van der Waals surface area contributed by atoms with Gasteiger partial charge in [0.15, 0.2) is 5.60 Å².